The third kappa shape index (κ3) is 4.07. The molecule has 0 aliphatic carbocycles. The van der Waals surface area contributed by atoms with Crippen LogP contribution in [-0.4, -0.2) is 50.0 Å². The summed E-state index contributed by atoms with van der Waals surface area (Å²) < 4.78 is 5.40. The molecule has 2 aromatic rings. The van der Waals surface area contributed by atoms with Crippen molar-refractivity contribution in [3.05, 3.63) is 52.5 Å². The Morgan fingerprint density at radius 3 is 2.39 bits per heavy atom. The minimum atomic E-state index is -0.258. The number of methoxy groups -OCH3 is 1. The Morgan fingerprint density at radius 2 is 1.75 bits per heavy atom. The Morgan fingerprint density at radius 1 is 1.07 bits per heavy atom. The van der Waals surface area contributed by atoms with Crippen molar-refractivity contribution in [1.82, 2.24) is 4.90 Å². The molecule has 28 heavy (non-hydrogen) atoms. The molecular weight excluding hydrogens is 378 g/mol. The molecule has 3 rings (SSSR count). The summed E-state index contributed by atoms with van der Waals surface area (Å²) in [6.07, 6.45) is 0. The van der Waals surface area contributed by atoms with Gasteiger partial charge in [0.25, 0.3) is 5.91 Å². The molecular formula is C21H24ClN3O3. The van der Waals surface area contributed by atoms with Crippen LogP contribution >= 0.6 is 11.6 Å². The second-order valence-corrected chi connectivity index (χ2v) is 7.15. The normalized spacial score (nSPS) is 14.0. The topological polar surface area (TPSA) is 61.9 Å². The van der Waals surface area contributed by atoms with Gasteiger partial charge in [-0.05, 0) is 30.7 Å². The van der Waals surface area contributed by atoms with E-state index in [0.29, 0.717) is 48.2 Å². The number of carbonyl (C=O) groups excluding carboxylic acids is 2. The van der Waals surface area contributed by atoms with E-state index in [4.69, 9.17) is 16.3 Å². The van der Waals surface area contributed by atoms with Crippen molar-refractivity contribution < 1.29 is 14.3 Å². The predicted molar refractivity (Wildman–Crippen MR) is 112 cm³/mol. The highest BCUT2D eigenvalue weighted by Crippen LogP contribution is 2.35. The van der Waals surface area contributed by atoms with Gasteiger partial charge in [0.2, 0.25) is 5.91 Å². The quantitative estimate of drug-likeness (QED) is 0.850. The number of benzene rings is 2. The molecule has 1 aliphatic heterocycles. The van der Waals surface area contributed by atoms with E-state index in [1.165, 1.54) is 0 Å². The molecule has 0 unspecified atom stereocenters. The lowest BCUT2D eigenvalue weighted by Crippen LogP contribution is -2.48. The molecule has 7 heteroatoms. The van der Waals surface area contributed by atoms with Crippen molar-refractivity contribution in [2.75, 3.05) is 43.5 Å². The molecule has 0 bridgehead atoms. The number of nitrogens with zero attached hydrogens (tertiary/aromatic N) is 2. The van der Waals surface area contributed by atoms with Crippen LogP contribution in [0, 0.1) is 6.92 Å². The zero-order valence-corrected chi connectivity index (χ0v) is 17.0. The number of para-hydroxylation sites is 2. The Hall–Kier alpha value is -2.73. The number of carbonyl (C=O) groups is 2. The second kappa shape index (κ2) is 8.52. The first kappa shape index (κ1) is 20.0. The summed E-state index contributed by atoms with van der Waals surface area (Å²) in [5.74, 6) is 0.365. The van der Waals surface area contributed by atoms with Crippen LogP contribution in [0.1, 0.15) is 22.8 Å². The lowest BCUT2D eigenvalue weighted by atomic mass is 10.1. The molecule has 0 saturated carbocycles. The molecule has 1 heterocycles. The molecule has 2 aromatic carbocycles. The highest BCUT2D eigenvalue weighted by molar-refractivity contribution is 6.34. The summed E-state index contributed by atoms with van der Waals surface area (Å²) >= 11 is 6.48. The number of halogens is 1. The van der Waals surface area contributed by atoms with Gasteiger partial charge >= 0.3 is 0 Å². The Balaban J connectivity index is 1.86. The molecule has 1 N–H and O–H groups in total. The van der Waals surface area contributed by atoms with Crippen molar-refractivity contribution in [3.63, 3.8) is 0 Å². The summed E-state index contributed by atoms with van der Waals surface area (Å²) in [7, 11) is 1.55. The van der Waals surface area contributed by atoms with Gasteiger partial charge in [-0.2, -0.15) is 0 Å². The lowest BCUT2D eigenvalue weighted by Gasteiger charge is -2.37. The average Bonchev–Trinajstić information content (AvgIpc) is 2.68. The summed E-state index contributed by atoms with van der Waals surface area (Å²) in [4.78, 5) is 28.4. The van der Waals surface area contributed by atoms with Gasteiger partial charge in [-0.1, -0.05) is 29.8 Å². The van der Waals surface area contributed by atoms with Crippen LogP contribution in [0.25, 0.3) is 0 Å². The fraction of sp³-hybridized carbons (Fsp3) is 0.333. The number of aryl methyl sites for hydroxylation is 1. The van der Waals surface area contributed by atoms with E-state index in [2.05, 4.69) is 10.2 Å². The summed E-state index contributed by atoms with van der Waals surface area (Å²) in [6, 6.07) is 10.9. The highest BCUT2D eigenvalue weighted by atomic mass is 35.5. The maximum absolute atomic E-state index is 12.9. The summed E-state index contributed by atoms with van der Waals surface area (Å²) in [5, 5.41) is 3.54. The molecule has 1 aliphatic rings. The first-order valence-electron chi connectivity index (χ1n) is 9.16. The predicted octanol–water partition coefficient (Wildman–Crippen LogP) is 3.58. The average molecular weight is 402 g/mol. The van der Waals surface area contributed by atoms with Gasteiger partial charge in [0.05, 0.1) is 29.1 Å². The second-order valence-electron chi connectivity index (χ2n) is 6.74. The monoisotopic (exact) mass is 401 g/mol. The SMILES string of the molecule is COc1c(C)cccc1C(=O)Nc1cccc(Cl)c1N1CCN(C(C)=O)CC1. The Kier molecular flexibility index (Phi) is 6.09. The number of amides is 2. The van der Waals surface area contributed by atoms with Gasteiger partial charge in [-0.3, -0.25) is 9.59 Å². The fourth-order valence-electron chi connectivity index (χ4n) is 3.47. The van der Waals surface area contributed by atoms with E-state index in [1.54, 1.807) is 32.2 Å². The molecule has 148 valence electrons. The van der Waals surface area contributed by atoms with Crippen LogP contribution in [0.15, 0.2) is 36.4 Å². The number of nitrogens with one attached hydrogen (secondary N) is 1. The number of rotatable bonds is 4. The van der Waals surface area contributed by atoms with Gasteiger partial charge in [-0.25, -0.2) is 0 Å². The first-order chi connectivity index (χ1) is 13.4. The maximum atomic E-state index is 12.9. The summed E-state index contributed by atoms with van der Waals surface area (Å²) in [6.45, 7) is 6.03. The lowest BCUT2D eigenvalue weighted by molar-refractivity contribution is -0.129. The highest BCUT2D eigenvalue weighted by Gasteiger charge is 2.24. The number of ether oxygens (including phenoxy) is 1. The van der Waals surface area contributed by atoms with Crippen LogP contribution in [0.5, 0.6) is 5.75 Å². The molecule has 1 saturated heterocycles. The zero-order valence-electron chi connectivity index (χ0n) is 16.3. The maximum Gasteiger partial charge on any atom is 0.259 e. The van der Waals surface area contributed by atoms with E-state index < -0.39 is 0 Å². The van der Waals surface area contributed by atoms with E-state index >= 15 is 0 Å². The Labute approximate surface area is 170 Å². The number of hydrogen-bond donors (Lipinski definition) is 1. The zero-order chi connectivity index (χ0) is 20.3. The van der Waals surface area contributed by atoms with Gasteiger partial charge in [-0.15, -0.1) is 0 Å². The summed E-state index contributed by atoms with van der Waals surface area (Å²) in [5.41, 5.74) is 2.77. The first-order valence-corrected chi connectivity index (χ1v) is 9.54. The van der Waals surface area contributed by atoms with E-state index in [1.807, 2.05) is 30.0 Å². The molecule has 0 aromatic heterocycles. The smallest absolute Gasteiger partial charge is 0.259 e. The third-order valence-corrected chi connectivity index (χ3v) is 5.24. The van der Waals surface area contributed by atoms with Crippen LogP contribution < -0.4 is 15.0 Å². The van der Waals surface area contributed by atoms with Crippen LogP contribution in [-0.2, 0) is 4.79 Å². The molecule has 0 spiro atoms. The van der Waals surface area contributed by atoms with Crippen molar-refractivity contribution in [3.8, 4) is 5.75 Å². The van der Waals surface area contributed by atoms with E-state index in [-0.39, 0.29) is 11.8 Å². The number of anilines is 2. The Bertz CT molecular complexity index is 892. The van der Waals surface area contributed by atoms with Gasteiger partial charge in [0, 0.05) is 33.1 Å². The van der Waals surface area contributed by atoms with Gasteiger partial charge in [0.15, 0.2) is 0 Å². The number of hydrogen-bond acceptors (Lipinski definition) is 4. The standard InChI is InChI=1S/C21H24ClN3O3/c1-14-6-4-7-16(20(14)28-3)21(27)23-18-9-5-8-17(22)19(18)25-12-10-24(11-13-25)15(2)26/h4-9H,10-13H2,1-3H3,(H,23,27). The fourth-order valence-corrected chi connectivity index (χ4v) is 3.77. The van der Waals surface area contributed by atoms with Gasteiger partial charge < -0.3 is 19.9 Å². The molecule has 2 amide bonds. The molecule has 1 fully saturated rings. The van der Waals surface area contributed by atoms with Crippen molar-refractivity contribution in [2.24, 2.45) is 0 Å². The molecule has 0 atom stereocenters. The largest absolute Gasteiger partial charge is 0.496 e. The van der Waals surface area contributed by atoms with Crippen LogP contribution in [0.4, 0.5) is 11.4 Å². The van der Waals surface area contributed by atoms with E-state index in [9.17, 15) is 9.59 Å². The minimum absolute atomic E-state index is 0.0684. The van der Waals surface area contributed by atoms with Crippen molar-refractivity contribution >= 4 is 34.8 Å². The molecule has 6 nitrogen and oxygen atoms in total. The third-order valence-electron chi connectivity index (χ3n) is 4.94. The molecule has 0 radical (unpaired) electrons. The van der Waals surface area contributed by atoms with Gasteiger partial charge in [0.1, 0.15) is 5.75 Å². The van der Waals surface area contributed by atoms with Crippen LogP contribution in [0.2, 0.25) is 5.02 Å². The number of piperazine rings is 1. The van der Waals surface area contributed by atoms with E-state index in [0.717, 1.165) is 11.3 Å². The van der Waals surface area contributed by atoms with Crippen LogP contribution in [0.3, 0.4) is 0 Å². The minimum Gasteiger partial charge on any atom is -0.496 e. The van der Waals surface area contributed by atoms with Crippen molar-refractivity contribution in [1.29, 1.82) is 0 Å². The van der Waals surface area contributed by atoms with Crippen molar-refractivity contribution in [2.45, 2.75) is 13.8 Å².